The van der Waals surface area contributed by atoms with Gasteiger partial charge >= 0.3 is 0 Å². The highest BCUT2D eigenvalue weighted by atomic mass is 16.3. The van der Waals surface area contributed by atoms with Gasteiger partial charge in [-0.05, 0) is 38.4 Å². The van der Waals surface area contributed by atoms with Crippen molar-refractivity contribution < 1.29 is 9.90 Å². The zero-order valence-electron chi connectivity index (χ0n) is 11.1. The van der Waals surface area contributed by atoms with E-state index < -0.39 is 5.60 Å². The number of aromatic nitrogens is 1. The van der Waals surface area contributed by atoms with E-state index in [0.717, 1.165) is 25.1 Å². The molecule has 0 bridgehead atoms. The van der Waals surface area contributed by atoms with Crippen molar-refractivity contribution in [3.63, 3.8) is 0 Å². The van der Waals surface area contributed by atoms with Crippen LogP contribution < -0.4 is 11.3 Å². The summed E-state index contributed by atoms with van der Waals surface area (Å²) in [6.45, 7) is 4.16. The second kappa shape index (κ2) is 5.64. The van der Waals surface area contributed by atoms with Gasteiger partial charge in [0.15, 0.2) is 0 Å². The molecule has 0 aromatic carbocycles. The normalized spacial score (nSPS) is 24.2. The first-order valence-corrected chi connectivity index (χ1v) is 6.41. The smallest absolute Gasteiger partial charge is 0.266 e. The van der Waals surface area contributed by atoms with Crippen LogP contribution in [0.3, 0.4) is 0 Å². The number of hydrogen-bond donors (Lipinski definition) is 3. The van der Waals surface area contributed by atoms with Crippen molar-refractivity contribution in [2.75, 3.05) is 13.1 Å². The maximum Gasteiger partial charge on any atom is 0.266 e. The number of carbonyl (C=O) groups is 1. The van der Waals surface area contributed by atoms with Gasteiger partial charge in [-0.1, -0.05) is 0 Å². The second-order valence-electron chi connectivity index (χ2n) is 5.32. The average molecular weight is 264 g/mol. The number of β-amino-alcohol motifs (C(OH)–C–C–N with tert-alkyl or cyclic N) is 1. The number of rotatable bonds is 3. The van der Waals surface area contributed by atoms with E-state index in [-0.39, 0.29) is 5.91 Å². The largest absolute Gasteiger partial charge is 0.389 e. The standard InChI is InChI=1S/C13H20N4O2/c1-13(19)5-2-6-17(9-13)8-11-4-3-10(7-15-11)12(18)16-14/h3-4,7,19H,2,5-6,8-9,14H2,1H3,(H,16,18). The number of pyridine rings is 1. The maximum atomic E-state index is 11.3. The van der Waals surface area contributed by atoms with Crippen LogP contribution in [-0.4, -0.2) is 39.6 Å². The Morgan fingerprint density at radius 3 is 3.00 bits per heavy atom. The summed E-state index contributed by atoms with van der Waals surface area (Å²) in [5.41, 5.74) is 2.78. The molecule has 2 heterocycles. The molecule has 1 aliphatic rings. The van der Waals surface area contributed by atoms with E-state index in [4.69, 9.17) is 5.84 Å². The number of likely N-dealkylation sites (tertiary alicyclic amines) is 1. The molecule has 1 aromatic heterocycles. The number of nitrogens with zero attached hydrogens (tertiary/aromatic N) is 2. The minimum atomic E-state index is -0.613. The molecule has 0 saturated carbocycles. The zero-order valence-corrected chi connectivity index (χ0v) is 11.1. The molecule has 1 atom stereocenters. The summed E-state index contributed by atoms with van der Waals surface area (Å²) < 4.78 is 0. The van der Waals surface area contributed by atoms with Crippen LogP contribution in [0.1, 0.15) is 35.8 Å². The van der Waals surface area contributed by atoms with Crippen molar-refractivity contribution in [1.29, 1.82) is 0 Å². The van der Waals surface area contributed by atoms with Crippen molar-refractivity contribution >= 4 is 5.91 Å². The van der Waals surface area contributed by atoms with Gasteiger partial charge in [0.2, 0.25) is 0 Å². The van der Waals surface area contributed by atoms with Gasteiger partial charge < -0.3 is 5.11 Å². The lowest BCUT2D eigenvalue weighted by atomic mass is 9.95. The van der Waals surface area contributed by atoms with Gasteiger partial charge in [0, 0.05) is 19.3 Å². The lowest BCUT2D eigenvalue weighted by Gasteiger charge is -2.36. The highest BCUT2D eigenvalue weighted by Crippen LogP contribution is 2.21. The summed E-state index contributed by atoms with van der Waals surface area (Å²) in [6.07, 6.45) is 3.34. The first-order chi connectivity index (χ1) is 9.00. The Balaban J connectivity index is 1.98. The monoisotopic (exact) mass is 264 g/mol. The molecule has 6 heteroatoms. The van der Waals surface area contributed by atoms with Gasteiger partial charge in [-0.25, -0.2) is 5.84 Å². The van der Waals surface area contributed by atoms with Crippen molar-refractivity contribution in [2.24, 2.45) is 5.84 Å². The van der Waals surface area contributed by atoms with Crippen LogP contribution in [0.4, 0.5) is 0 Å². The Hall–Kier alpha value is -1.50. The molecule has 0 aliphatic carbocycles. The van der Waals surface area contributed by atoms with Crippen molar-refractivity contribution in [3.05, 3.63) is 29.6 Å². The van der Waals surface area contributed by atoms with E-state index in [2.05, 4.69) is 15.3 Å². The topological polar surface area (TPSA) is 91.5 Å². The van der Waals surface area contributed by atoms with E-state index in [1.54, 1.807) is 6.07 Å². The second-order valence-corrected chi connectivity index (χ2v) is 5.32. The first kappa shape index (κ1) is 13.9. The highest BCUT2D eigenvalue weighted by molar-refractivity contribution is 5.93. The fourth-order valence-corrected chi connectivity index (χ4v) is 2.42. The molecular weight excluding hydrogens is 244 g/mol. The third-order valence-corrected chi connectivity index (χ3v) is 3.36. The maximum absolute atomic E-state index is 11.3. The summed E-state index contributed by atoms with van der Waals surface area (Å²) in [4.78, 5) is 17.7. The van der Waals surface area contributed by atoms with Gasteiger partial charge in [-0.2, -0.15) is 0 Å². The molecule has 1 unspecified atom stereocenters. The quantitative estimate of drug-likeness (QED) is 0.407. The molecule has 19 heavy (non-hydrogen) atoms. The summed E-state index contributed by atoms with van der Waals surface area (Å²) in [5.74, 6) is 4.71. The molecule has 1 fully saturated rings. The molecule has 2 rings (SSSR count). The van der Waals surface area contributed by atoms with Crippen molar-refractivity contribution in [3.8, 4) is 0 Å². The number of carbonyl (C=O) groups excluding carboxylic acids is 1. The molecule has 4 N–H and O–H groups in total. The van der Waals surface area contributed by atoms with Crippen LogP contribution in [0, 0.1) is 0 Å². The van der Waals surface area contributed by atoms with Gasteiger partial charge in [0.05, 0.1) is 16.9 Å². The lowest BCUT2D eigenvalue weighted by Crippen LogP contribution is -2.45. The van der Waals surface area contributed by atoms with Crippen LogP contribution in [0.15, 0.2) is 18.3 Å². The number of hydrogen-bond acceptors (Lipinski definition) is 5. The fraction of sp³-hybridized carbons (Fsp3) is 0.538. The Kier molecular flexibility index (Phi) is 4.14. The summed E-state index contributed by atoms with van der Waals surface area (Å²) in [7, 11) is 0. The molecule has 104 valence electrons. The SMILES string of the molecule is CC1(O)CCCN(Cc2ccc(C(=O)NN)cn2)C1. The number of nitrogen functional groups attached to an aromatic ring is 1. The molecule has 0 spiro atoms. The lowest BCUT2D eigenvalue weighted by molar-refractivity contribution is -0.0184. The van der Waals surface area contributed by atoms with E-state index >= 15 is 0 Å². The van der Waals surface area contributed by atoms with E-state index in [1.807, 2.05) is 13.0 Å². The number of hydrazine groups is 1. The van der Waals surface area contributed by atoms with Crippen LogP contribution in [0.5, 0.6) is 0 Å². The van der Waals surface area contributed by atoms with Crippen LogP contribution >= 0.6 is 0 Å². The molecule has 1 aliphatic heterocycles. The first-order valence-electron chi connectivity index (χ1n) is 6.41. The van der Waals surface area contributed by atoms with Crippen molar-refractivity contribution in [2.45, 2.75) is 31.9 Å². The summed E-state index contributed by atoms with van der Waals surface area (Å²) in [5, 5.41) is 10.0. The summed E-state index contributed by atoms with van der Waals surface area (Å²) >= 11 is 0. The van der Waals surface area contributed by atoms with Gasteiger partial charge in [-0.3, -0.25) is 20.1 Å². The number of amides is 1. The molecule has 6 nitrogen and oxygen atoms in total. The van der Waals surface area contributed by atoms with Gasteiger partial charge in [0.25, 0.3) is 5.91 Å². The third kappa shape index (κ3) is 3.73. The zero-order chi connectivity index (χ0) is 13.9. The Bertz CT molecular complexity index is 444. The number of piperidine rings is 1. The summed E-state index contributed by atoms with van der Waals surface area (Å²) in [6, 6.07) is 3.51. The average Bonchev–Trinajstić information content (AvgIpc) is 2.37. The predicted octanol–water partition coefficient (Wildman–Crippen LogP) is 0.0319. The minimum Gasteiger partial charge on any atom is -0.389 e. The Morgan fingerprint density at radius 2 is 2.42 bits per heavy atom. The van der Waals surface area contributed by atoms with Gasteiger partial charge in [-0.15, -0.1) is 0 Å². The van der Waals surface area contributed by atoms with Crippen molar-refractivity contribution in [1.82, 2.24) is 15.3 Å². The Morgan fingerprint density at radius 1 is 1.63 bits per heavy atom. The number of aliphatic hydroxyl groups is 1. The van der Waals surface area contributed by atoms with Crippen LogP contribution in [0.25, 0.3) is 0 Å². The Labute approximate surface area is 112 Å². The molecule has 1 aromatic rings. The van der Waals surface area contributed by atoms with E-state index in [9.17, 15) is 9.90 Å². The molecule has 1 saturated heterocycles. The fourth-order valence-electron chi connectivity index (χ4n) is 2.42. The molecule has 0 radical (unpaired) electrons. The number of nitrogens with two attached hydrogens (primary N) is 1. The van der Waals surface area contributed by atoms with Crippen LogP contribution in [-0.2, 0) is 6.54 Å². The molecular formula is C13H20N4O2. The predicted molar refractivity (Wildman–Crippen MR) is 71.0 cm³/mol. The van der Waals surface area contributed by atoms with Crippen LogP contribution in [0.2, 0.25) is 0 Å². The van der Waals surface area contributed by atoms with Gasteiger partial charge in [0.1, 0.15) is 0 Å². The number of nitrogens with one attached hydrogen (secondary N) is 1. The highest BCUT2D eigenvalue weighted by Gasteiger charge is 2.28. The van der Waals surface area contributed by atoms with E-state index in [0.29, 0.717) is 18.7 Å². The third-order valence-electron chi connectivity index (χ3n) is 3.36. The molecule has 1 amide bonds. The van der Waals surface area contributed by atoms with E-state index in [1.165, 1.54) is 6.20 Å². The minimum absolute atomic E-state index is 0.347.